The predicted octanol–water partition coefficient (Wildman–Crippen LogP) is 6.17. The molecule has 0 bridgehead atoms. The second kappa shape index (κ2) is 12.5. The van der Waals surface area contributed by atoms with Gasteiger partial charge < -0.3 is 20.5 Å². The van der Waals surface area contributed by atoms with E-state index in [-0.39, 0.29) is 27.9 Å². The third-order valence-electron chi connectivity index (χ3n) is 7.16. The number of rotatable bonds is 10. The highest BCUT2D eigenvalue weighted by molar-refractivity contribution is 6.40. The van der Waals surface area contributed by atoms with Gasteiger partial charge in [-0.3, -0.25) is 9.59 Å². The van der Waals surface area contributed by atoms with Crippen LogP contribution in [0.15, 0.2) is 66.7 Å². The first-order valence-electron chi connectivity index (χ1n) is 12.7. The molecule has 7 nitrogen and oxygen atoms in total. The van der Waals surface area contributed by atoms with Crippen LogP contribution in [0.25, 0.3) is 0 Å². The normalized spacial score (nSPS) is 14.8. The molecule has 0 radical (unpaired) electrons. The Morgan fingerprint density at radius 3 is 2.21 bits per heavy atom. The van der Waals surface area contributed by atoms with Crippen molar-refractivity contribution in [3.8, 4) is 5.75 Å². The van der Waals surface area contributed by atoms with Crippen LogP contribution in [0.5, 0.6) is 5.75 Å². The van der Waals surface area contributed by atoms with Crippen LogP contribution < -0.4 is 15.4 Å². The molecule has 0 aromatic heterocycles. The first-order chi connectivity index (χ1) is 18.7. The highest BCUT2D eigenvalue weighted by atomic mass is 35.5. The van der Waals surface area contributed by atoms with Crippen molar-refractivity contribution < 1.29 is 24.2 Å². The minimum Gasteiger partial charge on any atom is -0.497 e. The molecule has 3 N–H and O–H groups in total. The third kappa shape index (κ3) is 6.91. The van der Waals surface area contributed by atoms with Gasteiger partial charge in [0.1, 0.15) is 11.8 Å². The quantitative estimate of drug-likeness (QED) is 0.271. The monoisotopic (exact) mass is 568 g/mol. The Morgan fingerprint density at radius 1 is 0.949 bits per heavy atom. The van der Waals surface area contributed by atoms with Gasteiger partial charge in [-0.25, -0.2) is 4.79 Å². The molecule has 1 atom stereocenters. The summed E-state index contributed by atoms with van der Waals surface area (Å²) in [5, 5.41) is 15.9. The van der Waals surface area contributed by atoms with Crippen LogP contribution in [-0.2, 0) is 22.4 Å². The Balaban J connectivity index is 1.43. The number of aliphatic carboxylic acids is 1. The number of ether oxygens (including phenoxy) is 1. The number of carboxylic acids is 1. The fraction of sp³-hybridized carbons (Fsp3) is 0.300. The molecule has 0 unspecified atom stereocenters. The van der Waals surface area contributed by atoms with Gasteiger partial charge in [0, 0.05) is 12.1 Å². The van der Waals surface area contributed by atoms with Gasteiger partial charge in [-0.2, -0.15) is 0 Å². The molecule has 0 heterocycles. The molecule has 0 spiro atoms. The van der Waals surface area contributed by atoms with Crippen LogP contribution in [0.2, 0.25) is 10.0 Å². The summed E-state index contributed by atoms with van der Waals surface area (Å²) >= 11 is 12.2. The van der Waals surface area contributed by atoms with E-state index < -0.39 is 23.3 Å². The van der Waals surface area contributed by atoms with Crippen molar-refractivity contribution in [1.82, 2.24) is 5.32 Å². The summed E-state index contributed by atoms with van der Waals surface area (Å²) in [6.45, 7) is 0. The lowest BCUT2D eigenvalue weighted by Gasteiger charge is -2.30. The highest BCUT2D eigenvalue weighted by Gasteiger charge is 2.42. The third-order valence-corrected chi connectivity index (χ3v) is 7.79. The molecule has 4 rings (SSSR count). The molecule has 204 valence electrons. The summed E-state index contributed by atoms with van der Waals surface area (Å²) in [5.74, 6) is -1.08. The number of halogens is 2. The summed E-state index contributed by atoms with van der Waals surface area (Å²) in [5.41, 5.74) is 1.69. The van der Waals surface area contributed by atoms with Gasteiger partial charge >= 0.3 is 5.97 Å². The van der Waals surface area contributed by atoms with Gasteiger partial charge in [0.05, 0.1) is 28.1 Å². The Labute approximate surface area is 237 Å². The molecule has 1 aliphatic carbocycles. The molecule has 1 aliphatic rings. The van der Waals surface area contributed by atoms with Crippen LogP contribution >= 0.6 is 23.2 Å². The van der Waals surface area contributed by atoms with Gasteiger partial charge in [0.2, 0.25) is 5.91 Å². The number of hydrogen-bond donors (Lipinski definition) is 3. The zero-order valence-corrected chi connectivity index (χ0v) is 23.0. The molecule has 39 heavy (non-hydrogen) atoms. The maximum Gasteiger partial charge on any atom is 0.326 e. The number of methoxy groups -OCH3 is 1. The van der Waals surface area contributed by atoms with Gasteiger partial charge in [-0.1, -0.05) is 66.4 Å². The van der Waals surface area contributed by atoms with Gasteiger partial charge in [0.25, 0.3) is 5.91 Å². The number of carbonyl (C=O) groups excluding carboxylic acids is 2. The van der Waals surface area contributed by atoms with Crippen LogP contribution in [0.1, 0.15) is 47.2 Å². The standard InChI is InChI=1S/C30H30Cl2N2O5/c1-39-22-7-4-6-20(16-22)18-30(14-2-3-15-30)29(38)34-25(28(36)37)17-19-10-12-21(13-11-19)33-27(35)26-23(31)8-5-9-24(26)32/h4-13,16,25H,2-3,14-15,17-18H2,1H3,(H,33,35)(H,34,38)(H,36,37)/t25-/m0/s1. The van der Waals surface area contributed by atoms with Crippen molar-refractivity contribution >= 4 is 46.7 Å². The highest BCUT2D eigenvalue weighted by Crippen LogP contribution is 2.42. The summed E-state index contributed by atoms with van der Waals surface area (Å²) < 4.78 is 5.32. The minimum absolute atomic E-state index is 0.0981. The minimum atomic E-state index is -1.11. The van der Waals surface area contributed by atoms with E-state index in [1.54, 1.807) is 49.6 Å². The lowest BCUT2D eigenvalue weighted by atomic mass is 9.78. The largest absolute Gasteiger partial charge is 0.497 e. The van der Waals surface area contributed by atoms with Crippen molar-refractivity contribution in [3.05, 3.63) is 93.5 Å². The van der Waals surface area contributed by atoms with E-state index in [9.17, 15) is 19.5 Å². The molecule has 3 aromatic carbocycles. The van der Waals surface area contributed by atoms with Gasteiger partial charge in [-0.15, -0.1) is 0 Å². The first-order valence-corrected chi connectivity index (χ1v) is 13.5. The molecule has 0 aliphatic heterocycles. The van der Waals surface area contributed by atoms with Gasteiger partial charge in [-0.05, 0) is 66.8 Å². The first kappa shape index (κ1) is 28.5. The van der Waals surface area contributed by atoms with Gasteiger partial charge in [0.15, 0.2) is 0 Å². The number of anilines is 1. The molecule has 1 saturated carbocycles. The van der Waals surface area contributed by atoms with Crippen LogP contribution in [0.4, 0.5) is 5.69 Å². The maximum absolute atomic E-state index is 13.5. The van der Waals surface area contributed by atoms with E-state index in [0.717, 1.165) is 24.2 Å². The average molecular weight is 569 g/mol. The summed E-state index contributed by atoms with van der Waals surface area (Å²) in [7, 11) is 1.60. The Morgan fingerprint density at radius 2 is 1.59 bits per heavy atom. The van der Waals surface area contributed by atoms with E-state index in [1.165, 1.54) is 0 Å². The molecule has 9 heteroatoms. The molecule has 0 saturated heterocycles. The molecule has 3 aromatic rings. The van der Waals surface area contributed by atoms with Crippen molar-refractivity contribution in [2.24, 2.45) is 5.41 Å². The fourth-order valence-electron chi connectivity index (χ4n) is 5.09. The summed E-state index contributed by atoms with van der Waals surface area (Å²) in [6.07, 6.45) is 3.86. The van der Waals surface area contributed by atoms with Crippen LogP contribution in [0, 0.1) is 5.41 Å². The summed E-state index contributed by atoms with van der Waals surface area (Å²) in [4.78, 5) is 38.3. The van der Waals surface area contributed by atoms with E-state index >= 15 is 0 Å². The van der Waals surface area contributed by atoms with Crippen molar-refractivity contribution in [1.29, 1.82) is 0 Å². The van der Waals surface area contributed by atoms with E-state index in [2.05, 4.69) is 10.6 Å². The molecular formula is C30H30Cl2N2O5. The number of carboxylic acid groups (broad SMARTS) is 1. The zero-order valence-electron chi connectivity index (χ0n) is 21.5. The number of amides is 2. The van der Waals surface area contributed by atoms with E-state index in [4.69, 9.17) is 27.9 Å². The smallest absolute Gasteiger partial charge is 0.326 e. The SMILES string of the molecule is COc1cccc(CC2(C(=O)N[C@@H](Cc3ccc(NC(=O)c4c(Cl)cccc4Cl)cc3)C(=O)O)CCCC2)c1. The zero-order chi connectivity index (χ0) is 28.0. The Hall–Kier alpha value is -3.55. The lowest BCUT2D eigenvalue weighted by molar-refractivity contribution is -0.143. The average Bonchev–Trinajstić information content (AvgIpc) is 3.39. The maximum atomic E-state index is 13.5. The second-order valence-corrected chi connectivity index (χ2v) is 10.6. The number of benzene rings is 3. The predicted molar refractivity (Wildman–Crippen MR) is 152 cm³/mol. The van der Waals surface area contributed by atoms with Crippen molar-refractivity contribution in [3.63, 3.8) is 0 Å². The molecule has 2 amide bonds. The summed E-state index contributed by atoms with van der Waals surface area (Å²) in [6, 6.07) is 18.1. The van der Waals surface area contributed by atoms with Crippen LogP contribution in [-0.4, -0.2) is 36.0 Å². The van der Waals surface area contributed by atoms with E-state index in [0.29, 0.717) is 30.5 Å². The molecule has 1 fully saturated rings. The number of carbonyl (C=O) groups is 3. The van der Waals surface area contributed by atoms with Crippen molar-refractivity contribution in [2.75, 3.05) is 12.4 Å². The fourth-order valence-corrected chi connectivity index (χ4v) is 5.66. The topological polar surface area (TPSA) is 105 Å². The number of hydrogen-bond acceptors (Lipinski definition) is 4. The second-order valence-electron chi connectivity index (χ2n) is 9.83. The molecular weight excluding hydrogens is 539 g/mol. The lowest BCUT2D eigenvalue weighted by Crippen LogP contribution is -2.49. The Bertz CT molecular complexity index is 1330. The van der Waals surface area contributed by atoms with E-state index in [1.807, 2.05) is 24.3 Å². The number of nitrogens with one attached hydrogen (secondary N) is 2. The van der Waals surface area contributed by atoms with Crippen molar-refractivity contribution in [2.45, 2.75) is 44.6 Å². The Kier molecular flexibility index (Phi) is 9.15. The van der Waals surface area contributed by atoms with Crippen LogP contribution in [0.3, 0.4) is 0 Å².